The number of ether oxygens (including phenoxy) is 1. The van der Waals surface area contributed by atoms with Crippen LogP contribution in [0.1, 0.15) is 33.1 Å². The average Bonchev–Trinajstić information content (AvgIpc) is 2.68. The van der Waals surface area contributed by atoms with E-state index < -0.39 is 0 Å². The zero-order valence-corrected chi connectivity index (χ0v) is 10.9. The molecule has 1 aliphatic carbocycles. The predicted octanol–water partition coefficient (Wildman–Crippen LogP) is 0.999. The molecular weight excluding hydrogens is 216 g/mol. The van der Waals surface area contributed by atoms with Gasteiger partial charge in [0.25, 0.3) is 0 Å². The number of morpholine rings is 1. The molecule has 1 amide bonds. The van der Waals surface area contributed by atoms with Crippen molar-refractivity contribution in [3.8, 4) is 0 Å². The van der Waals surface area contributed by atoms with Gasteiger partial charge in [-0.15, -0.1) is 0 Å². The highest BCUT2D eigenvalue weighted by Crippen LogP contribution is 2.43. The molecule has 0 bridgehead atoms. The van der Waals surface area contributed by atoms with Crippen LogP contribution in [0.2, 0.25) is 0 Å². The number of carbonyl (C=O) groups excluding carboxylic acids is 1. The van der Waals surface area contributed by atoms with Gasteiger partial charge in [0.1, 0.15) is 0 Å². The number of rotatable bonds is 2. The molecule has 1 aliphatic heterocycles. The van der Waals surface area contributed by atoms with Crippen LogP contribution >= 0.6 is 0 Å². The maximum absolute atomic E-state index is 12.5. The van der Waals surface area contributed by atoms with Gasteiger partial charge in [0, 0.05) is 25.6 Å². The monoisotopic (exact) mass is 240 g/mol. The predicted molar refractivity (Wildman–Crippen MR) is 66.5 cm³/mol. The number of hydrogen-bond acceptors (Lipinski definition) is 3. The molecule has 98 valence electrons. The maximum atomic E-state index is 12.5. The molecule has 2 aliphatic rings. The highest BCUT2D eigenvalue weighted by Gasteiger charge is 2.41. The molecule has 2 rings (SSSR count). The molecular formula is C13H24N2O2. The van der Waals surface area contributed by atoms with Crippen molar-refractivity contribution < 1.29 is 9.53 Å². The van der Waals surface area contributed by atoms with Crippen molar-refractivity contribution in [3.05, 3.63) is 0 Å². The SMILES string of the molecule is CC1(C)CCCC1C(=O)N1CCOC(CN)C1. The summed E-state index contributed by atoms with van der Waals surface area (Å²) in [6.07, 6.45) is 3.40. The summed E-state index contributed by atoms with van der Waals surface area (Å²) in [4.78, 5) is 14.5. The Morgan fingerprint density at radius 3 is 2.88 bits per heavy atom. The Hall–Kier alpha value is -0.610. The Kier molecular flexibility index (Phi) is 3.73. The van der Waals surface area contributed by atoms with E-state index in [1.165, 1.54) is 6.42 Å². The van der Waals surface area contributed by atoms with Crippen LogP contribution in [-0.2, 0) is 9.53 Å². The van der Waals surface area contributed by atoms with Crippen LogP contribution < -0.4 is 5.73 Å². The van der Waals surface area contributed by atoms with Gasteiger partial charge >= 0.3 is 0 Å². The highest BCUT2D eigenvalue weighted by atomic mass is 16.5. The lowest BCUT2D eigenvalue weighted by Gasteiger charge is -2.37. The summed E-state index contributed by atoms with van der Waals surface area (Å²) in [5, 5.41) is 0. The van der Waals surface area contributed by atoms with Crippen LogP contribution in [0.25, 0.3) is 0 Å². The Morgan fingerprint density at radius 1 is 1.53 bits per heavy atom. The number of nitrogens with two attached hydrogens (primary N) is 1. The first-order valence-corrected chi connectivity index (χ1v) is 6.65. The minimum atomic E-state index is 0.0252. The summed E-state index contributed by atoms with van der Waals surface area (Å²) in [7, 11) is 0. The van der Waals surface area contributed by atoms with Crippen LogP contribution in [0.5, 0.6) is 0 Å². The molecule has 17 heavy (non-hydrogen) atoms. The fourth-order valence-electron chi connectivity index (χ4n) is 3.07. The molecule has 2 fully saturated rings. The van der Waals surface area contributed by atoms with Crippen molar-refractivity contribution in [2.24, 2.45) is 17.1 Å². The van der Waals surface area contributed by atoms with Crippen molar-refractivity contribution in [1.29, 1.82) is 0 Å². The second-order valence-electron chi connectivity index (χ2n) is 5.95. The molecule has 2 N–H and O–H groups in total. The zero-order chi connectivity index (χ0) is 12.5. The molecule has 2 unspecified atom stereocenters. The van der Waals surface area contributed by atoms with Gasteiger partial charge in [0.15, 0.2) is 0 Å². The third kappa shape index (κ3) is 2.63. The molecule has 1 heterocycles. The van der Waals surface area contributed by atoms with Gasteiger partial charge in [-0.05, 0) is 18.3 Å². The van der Waals surface area contributed by atoms with Crippen LogP contribution in [0.3, 0.4) is 0 Å². The van der Waals surface area contributed by atoms with Gasteiger partial charge in [-0.1, -0.05) is 20.3 Å². The van der Waals surface area contributed by atoms with E-state index in [-0.39, 0.29) is 17.4 Å². The maximum Gasteiger partial charge on any atom is 0.226 e. The van der Waals surface area contributed by atoms with E-state index in [1.807, 2.05) is 4.90 Å². The summed E-state index contributed by atoms with van der Waals surface area (Å²) in [6.45, 7) is 6.94. The molecule has 2 atom stereocenters. The van der Waals surface area contributed by atoms with Gasteiger partial charge in [-0.3, -0.25) is 4.79 Å². The largest absolute Gasteiger partial charge is 0.373 e. The second kappa shape index (κ2) is 4.94. The topological polar surface area (TPSA) is 55.6 Å². The summed E-state index contributed by atoms with van der Waals surface area (Å²) >= 11 is 0. The second-order valence-corrected chi connectivity index (χ2v) is 5.95. The van der Waals surface area contributed by atoms with Gasteiger partial charge in [-0.2, -0.15) is 0 Å². The molecule has 1 saturated heterocycles. The standard InChI is InChI=1S/C13H24N2O2/c1-13(2)5-3-4-11(13)12(16)15-6-7-17-10(8-14)9-15/h10-11H,3-9,14H2,1-2H3. The van der Waals surface area contributed by atoms with E-state index in [2.05, 4.69) is 13.8 Å². The smallest absolute Gasteiger partial charge is 0.226 e. The first-order chi connectivity index (χ1) is 8.04. The fourth-order valence-corrected chi connectivity index (χ4v) is 3.07. The van der Waals surface area contributed by atoms with E-state index >= 15 is 0 Å². The number of amides is 1. The molecule has 0 aromatic heterocycles. The molecule has 0 radical (unpaired) electrons. The van der Waals surface area contributed by atoms with E-state index in [9.17, 15) is 4.79 Å². The molecule has 4 heteroatoms. The lowest BCUT2D eigenvalue weighted by molar-refractivity contribution is -0.145. The Balaban J connectivity index is 1.99. The first-order valence-electron chi connectivity index (χ1n) is 6.65. The van der Waals surface area contributed by atoms with Crippen molar-refractivity contribution in [2.45, 2.75) is 39.2 Å². The minimum Gasteiger partial charge on any atom is -0.373 e. The van der Waals surface area contributed by atoms with Gasteiger partial charge in [0.2, 0.25) is 5.91 Å². The summed E-state index contributed by atoms with van der Waals surface area (Å²) in [5.74, 6) is 0.508. The van der Waals surface area contributed by atoms with Crippen LogP contribution in [0.15, 0.2) is 0 Å². The zero-order valence-electron chi connectivity index (χ0n) is 10.9. The Bertz CT molecular complexity index is 291. The average molecular weight is 240 g/mol. The van der Waals surface area contributed by atoms with E-state index in [0.29, 0.717) is 25.6 Å². The summed E-state index contributed by atoms with van der Waals surface area (Å²) in [5.41, 5.74) is 5.77. The summed E-state index contributed by atoms with van der Waals surface area (Å²) in [6, 6.07) is 0. The normalized spacial score (nSPS) is 32.8. The molecule has 0 spiro atoms. The van der Waals surface area contributed by atoms with Crippen molar-refractivity contribution in [1.82, 2.24) is 4.90 Å². The van der Waals surface area contributed by atoms with E-state index in [1.54, 1.807) is 0 Å². The van der Waals surface area contributed by atoms with Crippen LogP contribution in [0, 0.1) is 11.3 Å². The Labute approximate surface area is 103 Å². The molecule has 0 aromatic rings. The summed E-state index contributed by atoms with van der Waals surface area (Å²) < 4.78 is 5.50. The van der Waals surface area contributed by atoms with Gasteiger partial charge in [-0.25, -0.2) is 0 Å². The lowest BCUT2D eigenvalue weighted by Crippen LogP contribution is -2.51. The van der Waals surface area contributed by atoms with Crippen LogP contribution in [0.4, 0.5) is 0 Å². The van der Waals surface area contributed by atoms with Crippen molar-refractivity contribution in [3.63, 3.8) is 0 Å². The quantitative estimate of drug-likeness (QED) is 0.783. The van der Waals surface area contributed by atoms with Crippen molar-refractivity contribution >= 4 is 5.91 Å². The minimum absolute atomic E-state index is 0.0252. The number of hydrogen-bond donors (Lipinski definition) is 1. The fraction of sp³-hybridized carbons (Fsp3) is 0.923. The first kappa shape index (κ1) is 12.8. The highest BCUT2D eigenvalue weighted by molar-refractivity contribution is 5.80. The van der Waals surface area contributed by atoms with Crippen LogP contribution in [-0.4, -0.2) is 43.2 Å². The van der Waals surface area contributed by atoms with Gasteiger partial charge in [0.05, 0.1) is 12.7 Å². The number of nitrogens with zero attached hydrogens (tertiary/aromatic N) is 1. The van der Waals surface area contributed by atoms with Gasteiger partial charge < -0.3 is 15.4 Å². The van der Waals surface area contributed by atoms with E-state index in [0.717, 1.165) is 19.4 Å². The molecule has 1 saturated carbocycles. The third-order valence-corrected chi connectivity index (χ3v) is 4.27. The van der Waals surface area contributed by atoms with E-state index in [4.69, 9.17) is 10.5 Å². The van der Waals surface area contributed by atoms with Crippen molar-refractivity contribution in [2.75, 3.05) is 26.2 Å². The molecule has 4 nitrogen and oxygen atoms in total. The molecule has 0 aromatic carbocycles. The lowest BCUT2D eigenvalue weighted by atomic mass is 9.81. The number of carbonyl (C=O) groups is 1. The third-order valence-electron chi connectivity index (χ3n) is 4.27. The Morgan fingerprint density at radius 2 is 2.29 bits per heavy atom.